The number of rotatable bonds is 4. The smallest absolute Gasteiger partial charge is 0.188 e. The first kappa shape index (κ1) is 15.5. The quantitative estimate of drug-likeness (QED) is 0.485. The summed E-state index contributed by atoms with van der Waals surface area (Å²) < 4.78 is 2.73. The summed E-state index contributed by atoms with van der Waals surface area (Å²) in [6.45, 7) is 0.466. The van der Waals surface area contributed by atoms with Gasteiger partial charge in [-0.2, -0.15) is 10.2 Å². The fourth-order valence-electron chi connectivity index (χ4n) is 2.38. The van der Waals surface area contributed by atoms with Crippen LogP contribution in [0.4, 0.5) is 5.82 Å². The highest BCUT2D eigenvalue weighted by Crippen LogP contribution is 2.25. The van der Waals surface area contributed by atoms with Crippen molar-refractivity contribution in [1.29, 1.82) is 0 Å². The van der Waals surface area contributed by atoms with Crippen LogP contribution in [0.15, 0.2) is 76.0 Å². The molecule has 3 aromatic heterocycles. The molecule has 8 heteroatoms. The largest absolute Gasteiger partial charge is 0.265 e. The fourth-order valence-corrected chi connectivity index (χ4v) is 2.77. The van der Waals surface area contributed by atoms with Crippen molar-refractivity contribution in [2.45, 2.75) is 6.54 Å². The Morgan fingerprint density at radius 1 is 1.08 bits per heavy atom. The molecule has 1 aromatic carbocycles. The molecule has 0 N–H and O–H groups in total. The number of azo groups is 1. The number of pyridine rings is 1. The predicted octanol–water partition coefficient (Wildman–Crippen LogP) is 4.26. The lowest BCUT2D eigenvalue weighted by molar-refractivity contribution is 0.893. The number of fused-ring (bicyclic) bond motifs is 1. The molecule has 4 rings (SSSR count). The lowest BCUT2D eigenvalue weighted by Gasteiger charge is -2.03. The second kappa shape index (κ2) is 6.86. The van der Waals surface area contributed by atoms with E-state index in [2.05, 4.69) is 46.2 Å². The summed E-state index contributed by atoms with van der Waals surface area (Å²) in [5.41, 5.74) is 2.63. The van der Waals surface area contributed by atoms with Crippen molar-refractivity contribution in [3.8, 4) is 5.69 Å². The minimum Gasteiger partial charge on any atom is -0.265 e. The van der Waals surface area contributed by atoms with Crippen LogP contribution in [0.1, 0.15) is 5.56 Å². The third-order valence-electron chi connectivity index (χ3n) is 3.57. The summed E-state index contributed by atoms with van der Waals surface area (Å²) >= 11 is 3.47. The topological polar surface area (TPSA) is 81.2 Å². The van der Waals surface area contributed by atoms with E-state index in [0.29, 0.717) is 18.0 Å². The maximum atomic E-state index is 4.42. The van der Waals surface area contributed by atoms with Crippen LogP contribution < -0.4 is 0 Å². The zero-order valence-electron chi connectivity index (χ0n) is 13.0. The van der Waals surface area contributed by atoms with Gasteiger partial charge in [0.2, 0.25) is 0 Å². The van der Waals surface area contributed by atoms with Gasteiger partial charge in [0.05, 0.1) is 23.8 Å². The van der Waals surface area contributed by atoms with E-state index in [9.17, 15) is 0 Å². The molecule has 25 heavy (non-hydrogen) atoms. The standard InChI is InChI=1S/C17H12BrN7/c18-13-2-1-3-14(8-13)25-17-15(10-23-25)16(20-11-21-17)24-22-9-12-4-6-19-7-5-12/h1-8,10-11H,9H2. The van der Waals surface area contributed by atoms with Crippen LogP contribution in [0, 0.1) is 0 Å². The summed E-state index contributed by atoms with van der Waals surface area (Å²) in [6.07, 6.45) is 6.64. The number of hydrogen-bond acceptors (Lipinski definition) is 6. The summed E-state index contributed by atoms with van der Waals surface area (Å²) in [4.78, 5) is 12.5. The Morgan fingerprint density at radius 2 is 1.96 bits per heavy atom. The molecule has 4 aromatic rings. The van der Waals surface area contributed by atoms with Gasteiger partial charge < -0.3 is 0 Å². The normalized spacial score (nSPS) is 11.4. The van der Waals surface area contributed by atoms with Gasteiger partial charge in [-0.3, -0.25) is 4.98 Å². The number of aromatic nitrogens is 5. The van der Waals surface area contributed by atoms with Gasteiger partial charge in [-0.05, 0) is 35.9 Å². The van der Waals surface area contributed by atoms with E-state index in [1.807, 2.05) is 36.4 Å². The van der Waals surface area contributed by atoms with Crippen LogP contribution in [0.5, 0.6) is 0 Å². The highest BCUT2D eigenvalue weighted by molar-refractivity contribution is 9.10. The van der Waals surface area contributed by atoms with Crippen molar-refractivity contribution >= 4 is 32.8 Å². The second-order valence-corrected chi connectivity index (χ2v) is 6.14. The molecule has 0 aliphatic heterocycles. The Labute approximate surface area is 151 Å². The first-order valence-electron chi connectivity index (χ1n) is 7.52. The summed E-state index contributed by atoms with van der Waals surface area (Å²) in [5.74, 6) is 0.500. The van der Waals surface area contributed by atoms with Crippen LogP contribution in [-0.4, -0.2) is 24.7 Å². The van der Waals surface area contributed by atoms with Gasteiger partial charge in [-0.15, -0.1) is 5.11 Å². The summed E-state index contributed by atoms with van der Waals surface area (Å²) in [6, 6.07) is 11.6. The summed E-state index contributed by atoms with van der Waals surface area (Å²) in [7, 11) is 0. The highest BCUT2D eigenvalue weighted by Gasteiger charge is 2.11. The molecule has 3 heterocycles. The zero-order valence-corrected chi connectivity index (χ0v) is 14.6. The van der Waals surface area contributed by atoms with E-state index in [1.165, 1.54) is 6.33 Å². The predicted molar refractivity (Wildman–Crippen MR) is 96.8 cm³/mol. The molecule has 0 bridgehead atoms. The van der Waals surface area contributed by atoms with Gasteiger partial charge in [0, 0.05) is 16.9 Å². The van der Waals surface area contributed by atoms with Gasteiger partial charge in [-0.25, -0.2) is 14.6 Å². The highest BCUT2D eigenvalue weighted by atomic mass is 79.9. The molecular weight excluding hydrogens is 382 g/mol. The number of halogens is 1. The first-order chi connectivity index (χ1) is 12.3. The van der Waals surface area contributed by atoms with Gasteiger partial charge in [0.1, 0.15) is 6.33 Å². The minimum absolute atomic E-state index is 0.466. The molecule has 0 amide bonds. The maximum Gasteiger partial charge on any atom is 0.188 e. The van der Waals surface area contributed by atoms with Crippen molar-refractivity contribution in [3.63, 3.8) is 0 Å². The summed E-state index contributed by atoms with van der Waals surface area (Å²) in [5, 5.41) is 13.6. The Kier molecular flexibility index (Phi) is 4.26. The maximum absolute atomic E-state index is 4.42. The molecule has 0 aliphatic rings. The fraction of sp³-hybridized carbons (Fsp3) is 0.0588. The first-order valence-corrected chi connectivity index (χ1v) is 8.31. The third kappa shape index (κ3) is 3.29. The molecule has 0 saturated heterocycles. The van der Waals surface area contributed by atoms with E-state index >= 15 is 0 Å². The van der Waals surface area contributed by atoms with Crippen molar-refractivity contribution in [1.82, 2.24) is 24.7 Å². The van der Waals surface area contributed by atoms with Crippen LogP contribution in [0.2, 0.25) is 0 Å². The van der Waals surface area contributed by atoms with Gasteiger partial charge >= 0.3 is 0 Å². The van der Waals surface area contributed by atoms with Gasteiger partial charge in [-0.1, -0.05) is 22.0 Å². The number of hydrogen-bond donors (Lipinski definition) is 0. The van der Waals surface area contributed by atoms with E-state index in [-0.39, 0.29) is 0 Å². The lowest BCUT2D eigenvalue weighted by atomic mass is 10.3. The SMILES string of the molecule is Brc1cccc(-n2ncc3c(N=NCc4ccncc4)ncnc32)c1. The van der Waals surface area contributed by atoms with Gasteiger partial charge in [0.15, 0.2) is 11.5 Å². The molecule has 0 radical (unpaired) electrons. The second-order valence-electron chi connectivity index (χ2n) is 5.23. The van der Waals surface area contributed by atoms with Crippen LogP contribution >= 0.6 is 15.9 Å². The van der Waals surface area contributed by atoms with Crippen LogP contribution in [0.3, 0.4) is 0 Å². The van der Waals surface area contributed by atoms with Crippen molar-refractivity contribution in [3.05, 3.63) is 71.4 Å². The molecule has 0 fully saturated rings. The monoisotopic (exact) mass is 393 g/mol. The Balaban J connectivity index is 1.67. The van der Waals surface area contributed by atoms with Crippen molar-refractivity contribution in [2.75, 3.05) is 0 Å². The molecule has 0 spiro atoms. The van der Waals surface area contributed by atoms with Crippen molar-refractivity contribution in [2.24, 2.45) is 10.2 Å². The molecule has 0 aliphatic carbocycles. The minimum atomic E-state index is 0.466. The molecular formula is C17H12BrN7. The van der Waals surface area contributed by atoms with Gasteiger partial charge in [0.25, 0.3) is 0 Å². The lowest BCUT2D eigenvalue weighted by Crippen LogP contribution is -1.97. The van der Waals surface area contributed by atoms with Crippen LogP contribution in [-0.2, 0) is 6.54 Å². The zero-order chi connectivity index (χ0) is 17.1. The van der Waals surface area contributed by atoms with E-state index in [1.54, 1.807) is 23.3 Å². The Morgan fingerprint density at radius 3 is 2.80 bits per heavy atom. The van der Waals surface area contributed by atoms with Crippen LogP contribution in [0.25, 0.3) is 16.7 Å². The Bertz CT molecular complexity index is 1040. The number of benzene rings is 1. The molecule has 7 nitrogen and oxygen atoms in total. The third-order valence-corrected chi connectivity index (χ3v) is 4.06. The average Bonchev–Trinajstić information content (AvgIpc) is 3.08. The molecule has 0 saturated carbocycles. The molecule has 0 atom stereocenters. The Hall–Kier alpha value is -3.00. The molecule has 0 unspecified atom stereocenters. The van der Waals surface area contributed by atoms with E-state index in [0.717, 1.165) is 21.1 Å². The molecule has 122 valence electrons. The average molecular weight is 394 g/mol. The van der Waals surface area contributed by atoms with E-state index < -0.39 is 0 Å². The number of nitrogens with zero attached hydrogens (tertiary/aromatic N) is 7. The van der Waals surface area contributed by atoms with E-state index in [4.69, 9.17) is 0 Å². The van der Waals surface area contributed by atoms with Crippen molar-refractivity contribution < 1.29 is 0 Å².